The molecule has 2 aliphatic carbocycles. The Hall–Kier alpha value is -5.42. The van der Waals surface area contributed by atoms with E-state index < -0.39 is 0 Å². The molecule has 0 heterocycles. The van der Waals surface area contributed by atoms with Gasteiger partial charge in [0, 0.05) is 34.9 Å². The summed E-state index contributed by atoms with van der Waals surface area (Å²) in [4.78, 5) is 24.8. The van der Waals surface area contributed by atoms with Crippen LogP contribution in [0.1, 0.15) is 22.3 Å². The highest BCUT2D eigenvalue weighted by Gasteiger charge is 2.17. The highest BCUT2D eigenvalue weighted by Crippen LogP contribution is 2.29. The van der Waals surface area contributed by atoms with Gasteiger partial charge in [0.15, 0.2) is 11.6 Å². The van der Waals surface area contributed by atoms with E-state index in [1.807, 2.05) is 109 Å². The van der Waals surface area contributed by atoms with E-state index in [1.54, 1.807) is 24.6 Å². The molecule has 6 rings (SSSR count). The SMILES string of the molecule is O=C1C=Cc2ccccc2/C1=C/Nc1ccc(Oc2ccc(N/C=C3\C(=O)C=Cc4ccccc43)cc2)cc1. The zero-order valence-electron chi connectivity index (χ0n) is 20.9. The summed E-state index contributed by atoms with van der Waals surface area (Å²) in [5.41, 5.74) is 6.83. The first kappa shape index (κ1) is 23.9. The maximum absolute atomic E-state index is 12.4. The lowest BCUT2D eigenvalue weighted by atomic mass is 9.92. The molecule has 0 unspecified atom stereocenters. The van der Waals surface area contributed by atoms with E-state index in [4.69, 9.17) is 4.74 Å². The van der Waals surface area contributed by atoms with Crippen LogP contribution in [0.4, 0.5) is 11.4 Å². The van der Waals surface area contributed by atoms with Crippen LogP contribution in [0, 0.1) is 0 Å². The molecule has 0 aliphatic heterocycles. The summed E-state index contributed by atoms with van der Waals surface area (Å²) in [6.07, 6.45) is 10.4. The van der Waals surface area contributed by atoms with Crippen LogP contribution in [-0.4, -0.2) is 11.6 Å². The van der Waals surface area contributed by atoms with Gasteiger partial charge in [0.25, 0.3) is 0 Å². The molecule has 0 saturated carbocycles. The Labute approximate surface area is 226 Å². The minimum absolute atomic E-state index is 0.0257. The van der Waals surface area contributed by atoms with Gasteiger partial charge in [-0.1, -0.05) is 60.7 Å². The molecule has 5 nitrogen and oxygen atoms in total. The maximum atomic E-state index is 12.4. The Morgan fingerprint density at radius 2 is 0.897 bits per heavy atom. The van der Waals surface area contributed by atoms with Crippen LogP contribution in [-0.2, 0) is 9.59 Å². The normalized spacial score (nSPS) is 15.7. The molecule has 0 bridgehead atoms. The van der Waals surface area contributed by atoms with Gasteiger partial charge in [-0.2, -0.15) is 0 Å². The van der Waals surface area contributed by atoms with Crippen LogP contribution in [0.25, 0.3) is 23.3 Å². The molecule has 5 heteroatoms. The fraction of sp³-hybridized carbons (Fsp3) is 0. The van der Waals surface area contributed by atoms with Gasteiger partial charge in [0.1, 0.15) is 11.5 Å². The fourth-order valence-electron chi connectivity index (χ4n) is 4.53. The van der Waals surface area contributed by atoms with E-state index >= 15 is 0 Å². The zero-order valence-corrected chi connectivity index (χ0v) is 20.9. The van der Waals surface area contributed by atoms with Crippen molar-refractivity contribution < 1.29 is 14.3 Å². The van der Waals surface area contributed by atoms with Crippen molar-refractivity contribution >= 4 is 46.2 Å². The average Bonchev–Trinajstić information content (AvgIpc) is 2.98. The zero-order chi connectivity index (χ0) is 26.6. The number of benzene rings is 4. The van der Waals surface area contributed by atoms with Crippen LogP contribution in [0.2, 0.25) is 0 Å². The summed E-state index contributed by atoms with van der Waals surface area (Å²) in [5, 5.41) is 6.44. The first-order valence-electron chi connectivity index (χ1n) is 12.6. The molecule has 2 aliphatic rings. The second kappa shape index (κ2) is 10.5. The maximum Gasteiger partial charge on any atom is 0.187 e. The number of ether oxygens (including phenoxy) is 1. The van der Waals surface area contributed by atoms with E-state index in [0.717, 1.165) is 33.6 Å². The average molecular weight is 509 g/mol. The van der Waals surface area contributed by atoms with E-state index in [9.17, 15) is 9.59 Å². The number of allylic oxidation sites excluding steroid dienone is 4. The minimum atomic E-state index is -0.0257. The van der Waals surface area contributed by atoms with Gasteiger partial charge in [0.2, 0.25) is 0 Å². The van der Waals surface area contributed by atoms with Crippen LogP contribution >= 0.6 is 0 Å². The van der Waals surface area contributed by atoms with E-state index in [1.165, 1.54) is 0 Å². The molecule has 0 atom stereocenters. The van der Waals surface area contributed by atoms with Crippen LogP contribution < -0.4 is 15.4 Å². The lowest BCUT2D eigenvalue weighted by Crippen LogP contribution is -2.06. The third-order valence-corrected chi connectivity index (χ3v) is 6.57. The van der Waals surface area contributed by atoms with Crippen molar-refractivity contribution in [3.05, 3.63) is 144 Å². The number of hydrogen-bond donors (Lipinski definition) is 2. The summed E-state index contributed by atoms with van der Waals surface area (Å²) in [6.45, 7) is 0. The van der Waals surface area contributed by atoms with Crippen LogP contribution in [0.15, 0.2) is 122 Å². The summed E-state index contributed by atoms with van der Waals surface area (Å²) >= 11 is 0. The predicted molar refractivity (Wildman–Crippen MR) is 157 cm³/mol. The highest BCUT2D eigenvalue weighted by atomic mass is 16.5. The molecular weight excluding hydrogens is 484 g/mol. The fourth-order valence-corrected chi connectivity index (χ4v) is 4.53. The number of nitrogens with one attached hydrogen (secondary N) is 2. The van der Waals surface area contributed by atoms with E-state index in [-0.39, 0.29) is 11.6 Å². The van der Waals surface area contributed by atoms with Gasteiger partial charge < -0.3 is 15.4 Å². The third kappa shape index (κ3) is 5.20. The van der Waals surface area contributed by atoms with Gasteiger partial charge in [-0.15, -0.1) is 0 Å². The number of carbonyl (C=O) groups excluding carboxylic acids is 2. The molecule has 2 N–H and O–H groups in total. The molecule has 0 spiro atoms. The Morgan fingerprint density at radius 3 is 1.33 bits per heavy atom. The Morgan fingerprint density at radius 1 is 0.487 bits per heavy atom. The van der Waals surface area contributed by atoms with Crippen molar-refractivity contribution in [3.8, 4) is 11.5 Å². The molecule has 0 aromatic heterocycles. The smallest absolute Gasteiger partial charge is 0.187 e. The summed E-state index contributed by atoms with van der Waals surface area (Å²) < 4.78 is 5.99. The van der Waals surface area contributed by atoms with Gasteiger partial charge in [-0.05, 0) is 82.9 Å². The Bertz CT molecular complexity index is 1560. The molecular formula is C34H24N2O3. The van der Waals surface area contributed by atoms with Gasteiger partial charge in [0.05, 0.1) is 0 Å². The number of rotatable bonds is 6. The van der Waals surface area contributed by atoms with Crippen LogP contribution in [0.5, 0.6) is 11.5 Å². The number of ketones is 2. The monoisotopic (exact) mass is 508 g/mol. The van der Waals surface area contributed by atoms with Gasteiger partial charge in [-0.3, -0.25) is 9.59 Å². The topological polar surface area (TPSA) is 67.4 Å². The number of carbonyl (C=O) groups is 2. The predicted octanol–water partition coefficient (Wildman–Crippen LogP) is 7.58. The van der Waals surface area contributed by atoms with Gasteiger partial charge in [-0.25, -0.2) is 0 Å². The van der Waals surface area contributed by atoms with Gasteiger partial charge >= 0.3 is 0 Å². The van der Waals surface area contributed by atoms with Crippen molar-refractivity contribution in [2.75, 3.05) is 10.6 Å². The number of anilines is 2. The molecule has 39 heavy (non-hydrogen) atoms. The Kier molecular flexibility index (Phi) is 6.46. The highest BCUT2D eigenvalue weighted by molar-refractivity contribution is 6.30. The molecule has 0 fully saturated rings. The number of fused-ring (bicyclic) bond motifs is 2. The first-order valence-corrected chi connectivity index (χ1v) is 12.6. The van der Waals surface area contributed by atoms with E-state index in [0.29, 0.717) is 22.6 Å². The van der Waals surface area contributed by atoms with Crippen molar-refractivity contribution in [3.63, 3.8) is 0 Å². The van der Waals surface area contributed by atoms with Crippen molar-refractivity contribution in [2.45, 2.75) is 0 Å². The summed E-state index contributed by atoms with van der Waals surface area (Å²) in [6, 6.07) is 30.7. The molecule has 0 amide bonds. The second-order valence-electron chi connectivity index (χ2n) is 9.13. The lowest BCUT2D eigenvalue weighted by molar-refractivity contribution is -0.110. The quantitative estimate of drug-likeness (QED) is 0.263. The van der Waals surface area contributed by atoms with Crippen molar-refractivity contribution in [1.29, 1.82) is 0 Å². The van der Waals surface area contributed by atoms with Crippen molar-refractivity contribution in [2.24, 2.45) is 0 Å². The molecule has 0 radical (unpaired) electrons. The standard InChI is InChI=1S/C34H24N2O3/c37-33-19-9-23-5-1-3-7-29(23)31(33)21-35-25-11-15-27(16-12-25)39-28-17-13-26(14-18-28)36-22-32-30-8-4-2-6-24(30)10-20-34(32)38/h1-22,35-36H/b31-21-,32-22-. The van der Waals surface area contributed by atoms with E-state index in [2.05, 4.69) is 10.6 Å². The third-order valence-electron chi connectivity index (χ3n) is 6.57. The second-order valence-corrected chi connectivity index (χ2v) is 9.13. The Balaban J connectivity index is 1.09. The lowest BCUT2D eigenvalue weighted by Gasteiger charge is -2.14. The summed E-state index contributed by atoms with van der Waals surface area (Å²) in [5.74, 6) is 1.33. The largest absolute Gasteiger partial charge is 0.457 e. The molecule has 0 saturated heterocycles. The first-order chi connectivity index (χ1) is 19.1. The van der Waals surface area contributed by atoms with Crippen molar-refractivity contribution in [1.82, 2.24) is 0 Å². The molecule has 4 aromatic carbocycles. The molecule has 4 aromatic rings. The minimum Gasteiger partial charge on any atom is -0.457 e. The van der Waals surface area contributed by atoms with Crippen LogP contribution in [0.3, 0.4) is 0 Å². The molecule has 188 valence electrons. The summed E-state index contributed by atoms with van der Waals surface area (Å²) in [7, 11) is 0. The number of hydrogen-bond acceptors (Lipinski definition) is 5.